The van der Waals surface area contributed by atoms with Crippen LogP contribution in [-0.2, 0) is 9.59 Å². The topological polar surface area (TPSA) is 80.5 Å². The number of carbonyl (C=O) groups is 2. The summed E-state index contributed by atoms with van der Waals surface area (Å²) >= 11 is 0. The Morgan fingerprint density at radius 1 is 1.06 bits per heavy atom. The van der Waals surface area contributed by atoms with Crippen molar-refractivity contribution in [2.24, 2.45) is 0 Å². The first-order valence-corrected chi connectivity index (χ1v) is 4.70. The Morgan fingerprint density at radius 3 is 2.00 bits per heavy atom. The lowest BCUT2D eigenvalue weighted by Gasteiger charge is -2.12. The molecule has 0 saturated carbocycles. The summed E-state index contributed by atoms with van der Waals surface area (Å²) in [6.07, 6.45) is 0.408. The summed E-state index contributed by atoms with van der Waals surface area (Å²) in [4.78, 5) is 33.7. The molecule has 0 N–H and O–H groups in total. The Hall–Kier alpha value is -2.24. The second-order valence-corrected chi connectivity index (χ2v) is 3.40. The summed E-state index contributed by atoms with van der Waals surface area (Å²) in [6.45, 7) is 0. The first-order valence-electron chi connectivity index (χ1n) is 4.70. The molecule has 0 aromatic heterocycles. The number of rotatable bonds is 2. The molecule has 2 amide bonds. The SMILES string of the molecule is O=C1CCC(=O)N1c1ccc([N+](=O)[O-])cc1. The highest BCUT2D eigenvalue weighted by Gasteiger charge is 2.30. The number of non-ortho nitro benzene ring substituents is 1. The van der Waals surface area contributed by atoms with Crippen LogP contribution in [0.25, 0.3) is 0 Å². The summed E-state index contributed by atoms with van der Waals surface area (Å²) in [7, 11) is 0. The van der Waals surface area contributed by atoms with E-state index in [2.05, 4.69) is 0 Å². The second kappa shape index (κ2) is 3.73. The Kier molecular flexibility index (Phi) is 2.40. The minimum Gasteiger partial charge on any atom is -0.274 e. The molecule has 16 heavy (non-hydrogen) atoms. The smallest absolute Gasteiger partial charge is 0.269 e. The minimum atomic E-state index is -0.530. The van der Waals surface area contributed by atoms with Crippen LogP contribution >= 0.6 is 0 Å². The lowest BCUT2D eigenvalue weighted by molar-refractivity contribution is -0.384. The number of hydrogen-bond donors (Lipinski definition) is 0. The summed E-state index contributed by atoms with van der Waals surface area (Å²) in [6, 6.07) is 5.35. The number of benzene rings is 1. The number of nitrogens with zero attached hydrogens (tertiary/aromatic N) is 2. The van der Waals surface area contributed by atoms with Crippen molar-refractivity contribution in [2.45, 2.75) is 12.8 Å². The van der Waals surface area contributed by atoms with Crippen molar-refractivity contribution in [1.29, 1.82) is 0 Å². The van der Waals surface area contributed by atoms with Gasteiger partial charge >= 0.3 is 0 Å². The van der Waals surface area contributed by atoms with E-state index in [4.69, 9.17) is 0 Å². The van der Waals surface area contributed by atoms with Gasteiger partial charge in [0.1, 0.15) is 0 Å². The van der Waals surface area contributed by atoms with Crippen LogP contribution in [0.1, 0.15) is 12.8 Å². The highest BCUT2D eigenvalue weighted by molar-refractivity contribution is 6.19. The number of nitro benzene ring substituents is 1. The molecule has 0 bridgehead atoms. The summed E-state index contributed by atoms with van der Waals surface area (Å²) < 4.78 is 0. The van der Waals surface area contributed by atoms with E-state index in [-0.39, 0.29) is 30.3 Å². The second-order valence-electron chi connectivity index (χ2n) is 3.40. The van der Waals surface area contributed by atoms with Gasteiger partial charge in [-0.15, -0.1) is 0 Å². The van der Waals surface area contributed by atoms with Crippen molar-refractivity contribution >= 4 is 23.2 Å². The van der Waals surface area contributed by atoms with Crippen LogP contribution in [0.2, 0.25) is 0 Å². The number of nitro groups is 1. The van der Waals surface area contributed by atoms with E-state index < -0.39 is 4.92 Å². The van der Waals surface area contributed by atoms with Crippen LogP contribution in [0.5, 0.6) is 0 Å². The van der Waals surface area contributed by atoms with Gasteiger partial charge in [-0.05, 0) is 12.1 Å². The normalized spacial score (nSPS) is 15.6. The third-order valence-electron chi connectivity index (χ3n) is 2.37. The molecular weight excluding hydrogens is 212 g/mol. The molecule has 0 aliphatic carbocycles. The molecular formula is C10H8N2O4. The highest BCUT2D eigenvalue weighted by atomic mass is 16.6. The van der Waals surface area contributed by atoms with Crippen LogP contribution in [-0.4, -0.2) is 16.7 Å². The largest absolute Gasteiger partial charge is 0.274 e. The maximum atomic E-state index is 11.4. The van der Waals surface area contributed by atoms with Gasteiger partial charge in [0.2, 0.25) is 11.8 Å². The summed E-state index contributed by atoms with van der Waals surface area (Å²) in [5.41, 5.74) is 0.320. The van der Waals surface area contributed by atoms with Crippen LogP contribution < -0.4 is 4.90 Å². The number of carbonyl (C=O) groups excluding carboxylic acids is 2. The lowest BCUT2D eigenvalue weighted by atomic mass is 10.2. The van der Waals surface area contributed by atoms with Gasteiger partial charge < -0.3 is 0 Å². The van der Waals surface area contributed by atoms with Crippen molar-refractivity contribution in [2.75, 3.05) is 4.90 Å². The fraction of sp³-hybridized carbons (Fsp3) is 0.200. The molecule has 6 nitrogen and oxygen atoms in total. The van der Waals surface area contributed by atoms with Crippen LogP contribution in [0.4, 0.5) is 11.4 Å². The van der Waals surface area contributed by atoms with E-state index in [9.17, 15) is 19.7 Å². The first kappa shape index (κ1) is 10.3. The van der Waals surface area contributed by atoms with Gasteiger partial charge in [-0.25, -0.2) is 0 Å². The van der Waals surface area contributed by atoms with E-state index in [1.165, 1.54) is 24.3 Å². The molecule has 1 aliphatic rings. The molecule has 0 radical (unpaired) electrons. The number of anilines is 1. The van der Waals surface area contributed by atoms with Crippen LogP contribution in [0, 0.1) is 10.1 Å². The van der Waals surface area contributed by atoms with Crippen LogP contribution in [0.3, 0.4) is 0 Å². The van der Waals surface area contributed by atoms with Gasteiger partial charge in [0, 0.05) is 25.0 Å². The third kappa shape index (κ3) is 1.65. The van der Waals surface area contributed by atoms with Crippen molar-refractivity contribution in [3.05, 3.63) is 34.4 Å². The predicted molar refractivity (Wildman–Crippen MR) is 54.8 cm³/mol. The maximum absolute atomic E-state index is 11.4. The molecule has 1 fully saturated rings. The molecule has 1 aromatic rings. The number of imide groups is 1. The molecule has 1 aromatic carbocycles. The van der Waals surface area contributed by atoms with Gasteiger partial charge in [-0.2, -0.15) is 0 Å². The monoisotopic (exact) mass is 220 g/mol. The van der Waals surface area contributed by atoms with E-state index >= 15 is 0 Å². The van der Waals surface area contributed by atoms with Gasteiger partial charge in [-0.3, -0.25) is 24.6 Å². The van der Waals surface area contributed by atoms with Crippen molar-refractivity contribution in [3.8, 4) is 0 Å². The molecule has 6 heteroatoms. The van der Waals surface area contributed by atoms with Gasteiger partial charge in [-0.1, -0.05) is 0 Å². The molecule has 2 rings (SSSR count). The standard InChI is InChI=1S/C10H8N2O4/c13-9-5-6-10(14)11(9)7-1-3-8(4-2-7)12(15)16/h1-4H,5-6H2. The fourth-order valence-corrected chi connectivity index (χ4v) is 1.59. The number of amides is 2. The molecule has 1 heterocycles. The third-order valence-corrected chi connectivity index (χ3v) is 2.37. The molecule has 1 aliphatic heterocycles. The maximum Gasteiger partial charge on any atom is 0.269 e. The fourth-order valence-electron chi connectivity index (χ4n) is 1.59. The molecule has 82 valence electrons. The zero-order valence-corrected chi connectivity index (χ0v) is 8.25. The van der Waals surface area contributed by atoms with Gasteiger partial charge in [0.25, 0.3) is 5.69 Å². The summed E-state index contributed by atoms with van der Waals surface area (Å²) in [5.74, 6) is -0.530. The van der Waals surface area contributed by atoms with Crippen molar-refractivity contribution < 1.29 is 14.5 Å². The van der Waals surface area contributed by atoms with E-state index in [0.717, 1.165) is 4.90 Å². The summed E-state index contributed by atoms with van der Waals surface area (Å²) in [5, 5.41) is 10.4. The van der Waals surface area contributed by atoms with E-state index in [0.29, 0.717) is 5.69 Å². The minimum absolute atomic E-state index is 0.0668. The van der Waals surface area contributed by atoms with Crippen molar-refractivity contribution in [1.82, 2.24) is 0 Å². The average Bonchev–Trinajstić information content (AvgIpc) is 2.59. The number of hydrogen-bond acceptors (Lipinski definition) is 4. The first-order chi connectivity index (χ1) is 7.59. The molecule has 0 atom stereocenters. The molecule has 1 saturated heterocycles. The highest BCUT2D eigenvalue weighted by Crippen LogP contribution is 2.24. The van der Waals surface area contributed by atoms with Crippen molar-refractivity contribution in [3.63, 3.8) is 0 Å². The molecule has 0 unspecified atom stereocenters. The Labute approximate surface area is 90.6 Å². The van der Waals surface area contributed by atoms with Crippen LogP contribution in [0.15, 0.2) is 24.3 Å². The van der Waals surface area contributed by atoms with Gasteiger partial charge in [0.15, 0.2) is 0 Å². The van der Waals surface area contributed by atoms with Gasteiger partial charge in [0.05, 0.1) is 10.6 Å². The zero-order valence-electron chi connectivity index (χ0n) is 8.25. The average molecular weight is 220 g/mol. The zero-order chi connectivity index (χ0) is 11.7. The van der Waals surface area contributed by atoms with E-state index in [1.807, 2.05) is 0 Å². The lowest BCUT2D eigenvalue weighted by Crippen LogP contribution is -2.28. The Bertz CT molecular complexity index is 450. The Morgan fingerprint density at radius 2 is 1.56 bits per heavy atom. The van der Waals surface area contributed by atoms with E-state index in [1.54, 1.807) is 0 Å². The predicted octanol–water partition coefficient (Wildman–Crippen LogP) is 1.25. The Balaban J connectivity index is 2.31. The quantitative estimate of drug-likeness (QED) is 0.426. The molecule has 0 spiro atoms.